The van der Waals surface area contributed by atoms with Gasteiger partial charge in [0.1, 0.15) is 12.4 Å². The smallest absolute Gasteiger partial charge is 0.338 e. The first-order valence-electron chi connectivity index (χ1n) is 10.0. The molecule has 0 spiro atoms. The van der Waals surface area contributed by atoms with Crippen LogP contribution in [-0.2, 0) is 11.3 Å². The van der Waals surface area contributed by atoms with Gasteiger partial charge in [-0.05, 0) is 42.5 Å². The van der Waals surface area contributed by atoms with Crippen molar-refractivity contribution >= 4 is 27.8 Å². The lowest BCUT2D eigenvalue weighted by molar-refractivity contribution is 0.0462. The number of carbonyl (C=O) groups excluding carboxylic acids is 1. The van der Waals surface area contributed by atoms with Crippen LogP contribution in [0.25, 0.3) is 27.5 Å². The number of fused-ring (bicyclic) bond motifs is 2. The molecule has 0 aliphatic rings. The molecule has 3 aromatic carbocycles. The number of nitrogens with one attached hydrogen (secondary N) is 2. The highest BCUT2D eigenvalue weighted by molar-refractivity contribution is 5.94. The van der Waals surface area contributed by atoms with E-state index in [1.165, 1.54) is 18.2 Å². The van der Waals surface area contributed by atoms with Crippen molar-refractivity contribution < 1.29 is 9.53 Å². The second-order valence-corrected chi connectivity index (χ2v) is 7.27. The summed E-state index contributed by atoms with van der Waals surface area (Å²) in [4.78, 5) is 59.6. The highest BCUT2D eigenvalue weighted by Crippen LogP contribution is 2.13. The number of aromatic nitrogens is 4. The van der Waals surface area contributed by atoms with Crippen molar-refractivity contribution in [1.82, 2.24) is 19.5 Å². The van der Waals surface area contributed by atoms with E-state index in [-0.39, 0.29) is 34.5 Å². The van der Waals surface area contributed by atoms with E-state index in [0.29, 0.717) is 16.6 Å². The Morgan fingerprint density at radius 3 is 2.45 bits per heavy atom. The Morgan fingerprint density at radius 1 is 0.879 bits per heavy atom. The Kier molecular flexibility index (Phi) is 4.91. The summed E-state index contributed by atoms with van der Waals surface area (Å²) in [6.45, 7) is -0.247. The first-order chi connectivity index (χ1) is 16.0. The van der Waals surface area contributed by atoms with Crippen molar-refractivity contribution in [2.24, 2.45) is 0 Å². The SMILES string of the molecule is O=C(OCc1nc2ccccc2c(=O)[nH]1)c1ccc2c(=O)n(-c3ccccc3)c(=O)[nH]c2c1. The highest BCUT2D eigenvalue weighted by Gasteiger charge is 2.14. The number of carbonyl (C=O) groups is 1. The van der Waals surface area contributed by atoms with Gasteiger partial charge in [-0.15, -0.1) is 0 Å². The number of benzene rings is 3. The fraction of sp³-hybridized carbons (Fsp3) is 0.0417. The number of para-hydroxylation sites is 2. The van der Waals surface area contributed by atoms with E-state index in [1.54, 1.807) is 54.6 Å². The van der Waals surface area contributed by atoms with Gasteiger partial charge >= 0.3 is 11.7 Å². The number of rotatable bonds is 4. The summed E-state index contributed by atoms with van der Waals surface area (Å²) in [6.07, 6.45) is 0. The first kappa shape index (κ1) is 20.1. The van der Waals surface area contributed by atoms with Gasteiger partial charge in [0.25, 0.3) is 11.1 Å². The van der Waals surface area contributed by atoms with E-state index in [9.17, 15) is 19.2 Å². The van der Waals surface area contributed by atoms with Crippen molar-refractivity contribution in [2.75, 3.05) is 0 Å². The maximum Gasteiger partial charge on any atom is 0.338 e. The number of H-pyrrole nitrogens is 2. The van der Waals surface area contributed by atoms with Crippen LogP contribution in [0.2, 0.25) is 0 Å². The molecular formula is C24H16N4O5. The second kappa shape index (κ2) is 8.04. The molecule has 0 fully saturated rings. The summed E-state index contributed by atoms with van der Waals surface area (Å²) in [5.74, 6) is -0.493. The van der Waals surface area contributed by atoms with E-state index in [1.807, 2.05) is 0 Å². The summed E-state index contributed by atoms with van der Waals surface area (Å²) >= 11 is 0. The topological polar surface area (TPSA) is 127 Å². The summed E-state index contributed by atoms with van der Waals surface area (Å²) in [7, 11) is 0. The lowest BCUT2D eigenvalue weighted by atomic mass is 10.1. The van der Waals surface area contributed by atoms with Crippen LogP contribution in [0.3, 0.4) is 0 Å². The van der Waals surface area contributed by atoms with Crippen LogP contribution in [0, 0.1) is 0 Å². The van der Waals surface area contributed by atoms with Crippen LogP contribution in [0.15, 0.2) is 87.2 Å². The molecule has 2 heterocycles. The van der Waals surface area contributed by atoms with Crippen molar-refractivity contribution in [3.8, 4) is 5.69 Å². The van der Waals surface area contributed by atoms with E-state index in [4.69, 9.17) is 4.74 Å². The number of hydrogen-bond acceptors (Lipinski definition) is 6. The Labute approximate surface area is 184 Å². The summed E-state index contributed by atoms with van der Waals surface area (Å²) in [5.41, 5.74) is -0.178. The first-order valence-corrected chi connectivity index (χ1v) is 10.0. The molecule has 2 N–H and O–H groups in total. The molecule has 0 radical (unpaired) electrons. The summed E-state index contributed by atoms with van der Waals surface area (Å²) < 4.78 is 6.30. The zero-order chi connectivity index (χ0) is 22.9. The zero-order valence-electron chi connectivity index (χ0n) is 17.1. The number of aromatic amines is 2. The average molecular weight is 440 g/mol. The minimum absolute atomic E-state index is 0.137. The fourth-order valence-electron chi connectivity index (χ4n) is 3.58. The Morgan fingerprint density at radius 2 is 1.64 bits per heavy atom. The molecule has 0 saturated heterocycles. The van der Waals surface area contributed by atoms with E-state index < -0.39 is 17.2 Å². The fourth-order valence-corrected chi connectivity index (χ4v) is 3.58. The lowest BCUT2D eigenvalue weighted by Gasteiger charge is -2.08. The van der Waals surface area contributed by atoms with Gasteiger partial charge < -0.3 is 14.7 Å². The van der Waals surface area contributed by atoms with Crippen molar-refractivity contribution in [3.05, 3.63) is 115 Å². The predicted molar refractivity (Wildman–Crippen MR) is 122 cm³/mol. The third-order valence-corrected chi connectivity index (χ3v) is 5.15. The van der Waals surface area contributed by atoms with E-state index in [2.05, 4.69) is 15.0 Å². The standard InChI is InChI=1S/C24H16N4O5/c29-21-16-8-4-5-9-18(16)25-20(27-21)13-33-23(31)14-10-11-17-19(12-14)26-24(32)28(22(17)30)15-6-2-1-3-7-15/h1-12H,13H2,(H,26,32)(H,25,27,29). The minimum Gasteiger partial charge on any atom is -0.454 e. The van der Waals surface area contributed by atoms with Gasteiger partial charge in [0.2, 0.25) is 0 Å². The molecule has 5 aromatic rings. The van der Waals surface area contributed by atoms with Gasteiger partial charge in [0.05, 0.1) is 33.1 Å². The maximum atomic E-state index is 12.9. The van der Waals surface area contributed by atoms with Crippen LogP contribution in [-0.4, -0.2) is 25.5 Å². The molecule has 9 heteroatoms. The molecule has 0 aliphatic carbocycles. The number of esters is 1. The van der Waals surface area contributed by atoms with Crippen LogP contribution in [0.4, 0.5) is 0 Å². The van der Waals surface area contributed by atoms with Crippen LogP contribution >= 0.6 is 0 Å². The summed E-state index contributed by atoms with van der Waals surface area (Å²) in [5, 5.41) is 0.683. The molecule has 5 rings (SSSR count). The Bertz CT molecular complexity index is 1700. The quantitative estimate of drug-likeness (QED) is 0.413. The number of hydrogen-bond donors (Lipinski definition) is 2. The Hall–Kier alpha value is -4.79. The highest BCUT2D eigenvalue weighted by atomic mass is 16.5. The van der Waals surface area contributed by atoms with Gasteiger partial charge in [-0.3, -0.25) is 9.59 Å². The minimum atomic E-state index is -0.694. The van der Waals surface area contributed by atoms with Crippen molar-refractivity contribution in [3.63, 3.8) is 0 Å². The van der Waals surface area contributed by atoms with Crippen molar-refractivity contribution in [1.29, 1.82) is 0 Å². The average Bonchev–Trinajstić information content (AvgIpc) is 2.83. The third kappa shape index (κ3) is 3.72. The van der Waals surface area contributed by atoms with E-state index >= 15 is 0 Å². The van der Waals surface area contributed by atoms with Gasteiger partial charge in [0, 0.05) is 0 Å². The Balaban J connectivity index is 1.43. The third-order valence-electron chi connectivity index (χ3n) is 5.15. The molecule has 0 saturated carbocycles. The lowest BCUT2D eigenvalue weighted by Crippen LogP contribution is -2.33. The van der Waals surface area contributed by atoms with Gasteiger partial charge in [0.15, 0.2) is 0 Å². The molecular weight excluding hydrogens is 424 g/mol. The molecule has 9 nitrogen and oxygen atoms in total. The molecule has 2 aromatic heterocycles. The molecule has 162 valence electrons. The normalized spacial score (nSPS) is 11.0. The van der Waals surface area contributed by atoms with Crippen LogP contribution in [0.5, 0.6) is 0 Å². The number of nitrogens with zero attached hydrogens (tertiary/aromatic N) is 2. The van der Waals surface area contributed by atoms with E-state index in [0.717, 1.165) is 4.57 Å². The monoisotopic (exact) mass is 440 g/mol. The molecule has 0 aliphatic heterocycles. The van der Waals surface area contributed by atoms with Crippen LogP contribution in [0.1, 0.15) is 16.2 Å². The summed E-state index contributed by atoms with van der Waals surface area (Å²) in [6, 6.07) is 19.6. The molecule has 0 atom stereocenters. The second-order valence-electron chi connectivity index (χ2n) is 7.27. The predicted octanol–water partition coefficient (Wildman–Crippen LogP) is 2.27. The molecule has 0 unspecified atom stereocenters. The molecule has 0 bridgehead atoms. The van der Waals surface area contributed by atoms with Crippen molar-refractivity contribution in [2.45, 2.75) is 6.61 Å². The molecule has 0 amide bonds. The van der Waals surface area contributed by atoms with Gasteiger partial charge in [-0.1, -0.05) is 30.3 Å². The maximum absolute atomic E-state index is 12.9. The zero-order valence-corrected chi connectivity index (χ0v) is 17.1. The van der Waals surface area contributed by atoms with Gasteiger partial charge in [-0.2, -0.15) is 0 Å². The molecule has 33 heavy (non-hydrogen) atoms. The van der Waals surface area contributed by atoms with Crippen LogP contribution < -0.4 is 16.8 Å². The number of ether oxygens (including phenoxy) is 1. The largest absolute Gasteiger partial charge is 0.454 e. The van der Waals surface area contributed by atoms with Gasteiger partial charge in [-0.25, -0.2) is 19.1 Å².